The molecule has 0 atom stereocenters. The topological polar surface area (TPSA) is 84.0 Å². The Kier molecular flexibility index (Phi) is 5.36. The Morgan fingerprint density at radius 3 is 2.22 bits per heavy atom. The summed E-state index contributed by atoms with van der Waals surface area (Å²) in [6, 6.07) is 14.4. The Labute approximate surface area is 157 Å². The van der Waals surface area contributed by atoms with Gasteiger partial charge in [0.05, 0.1) is 4.90 Å². The van der Waals surface area contributed by atoms with Crippen LogP contribution in [-0.4, -0.2) is 18.6 Å². The van der Waals surface area contributed by atoms with Crippen LogP contribution in [-0.2, 0) is 16.6 Å². The van der Waals surface area contributed by atoms with E-state index in [4.69, 9.17) is 0 Å². The van der Waals surface area contributed by atoms with Crippen molar-refractivity contribution in [1.82, 2.24) is 10.2 Å². The van der Waals surface area contributed by atoms with Gasteiger partial charge in [-0.25, -0.2) is 12.8 Å². The Morgan fingerprint density at radius 2 is 1.59 bits per heavy atom. The molecule has 0 fully saturated rings. The molecule has 0 amide bonds. The zero-order valence-corrected chi connectivity index (χ0v) is 15.7. The maximum absolute atomic E-state index is 12.9. The molecule has 27 heavy (non-hydrogen) atoms. The molecule has 0 bridgehead atoms. The predicted molar refractivity (Wildman–Crippen MR) is 102 cm³/mol. The van der Waals surface area contributed by atoms with Crippen molar-refractivity contribution in [3.63, 3.8) is 0 Å². The van der Waals surface area contributed by atoms with E-state index in [0.717, 1.165) is 11.1 Å². The van der Waals surface area contributed by atoms with Crippen LogP contribution in [0.3, 0.4) is 0 Å². The number of anilines is 2. The van der Waals surface area contributed by atoms with E-state index in [0.29, 0.717) is 17.9 Å². The molecule has 0 unspecified atom stereocenters. The lowest BCUT2D eigenvalue weighted by Gasteiger charge is -2.10. The minimum atomic E-state index is -3.74. The highest BCUT2D eigenvalue weighted by Crippen LogP contribution is 2.19. The summed E-state index contributed by atoms with van der Waals surface area (Å²) >= 11 is 0. The van der Waals surface area contributed by atoms with E-state index in [1.807, 2.05) is 13.0 Å². The molecule has 1 aromatic heterocycles. The lowest BCUT2D eigenvalue weighted by atomic mass is 10.2. The van der Waals surface area contributed by atoms with Crippen LogP contribution in [0.4, 0.5) is 16.0 Å². The molecule has 0 aliphatic rings. The Hall–Kier alpha value is -3.00. The quantitative estimate of drug-likeness (QED) is 0.676. The average molecular weight is 386 g/mol. The van der Waals surface area contributed by atoms with Crippen molar-refractivity contribution >= 4 is 21.7 Å². The monoisotopic (exact) mass is 386 g/mol. The average Bonchev–Trinajstić information content (AvgIpc) is 2.62. The third kappa shape index (κ3) is 4.79. The summed E-state index contributed by atoms with van der Waals surface area (Å²) in [5.74, 6) is 0.315. The van der Waals surface area contributed by atoms with Crippen LogP contribution < -0.4 is 10.0 Å². The molecule has 1 heterocycles. The molecule has 3 rings (SSSR count). The van der Waals surface area contributed by atoms with Crippen LogP contribution in [0.2, 0.25) is 0 Å². The second-order valence-electron chi connectivity index (χ2n) is 6.16. The Balaban J connectivity index is 1.67. The molecular weight excluding hydrogens is 367 g/mol. The summed E-state index contributed by atoms with van der Waals surface area (Å²) in [6.45, 7) is 4.10. The molecular formula is C19H19FN4O2S. The van der Waals surface area contributed by atoms with Crippen LogP contribution in [0.1, 0.15) is 16.7 Å². The summed E-state index contributed by atoms with van der Waals surface area (Å²) < 4.78 is 40.4. The number of hydrogen-bond acceptors (Lipinski definition) is 5. The van der Waals surface area contributed by atoms with E-state index >= 15 is 0 Å². The maximum Gasteiger partial charge on any atom is 0.263 e. The standard InChI is InChI=1S/C19H19FN4O2S/c1-13-3-8-17(14(2)11-13)27(25,26)24-19-10-9-18(22-23-19)21-12-15-4-6-16(20)7-5-15/h3-11H,12H2,1-2H3,(H,21,22)(H,23,24). The number of sulfonamides is 1. The minimum absolute atomic E-state index is 0.127. The molecule has 8 heteroatoms. The summed E-state index contributed by atoms with van der Waals surface area (Å²) in [5.41, 5.74) is 2.54. The maximum atomic E-state index is 12.9. The number of nitrogens with one attached hydrogen (secondary N) is 2. The zero-order valence-electron chi connectivity index (χ0n) is 14.9. The second kappa shape index (κ2) is 7.71. The first-order valence-electron chi connectivity index (χ1n) is 8.25. The van der Waals surface area contributed by atoms with Crippen molar-refractivity contribution in [3.05, 3.63) is 77.1 Å². The van der Waals surface area contributed by atoms with Gasteiger partial charge >= 0.3 is 0 Å². The second-order valence-corrected chi connectivity index (χ2v) is 7.81. The number of rotatable bonds is 6. The van der Waals surface area contributed by atoms with Gasteiger partial charge in [0, 0.05) is 6.54 Å². The molecule has 6 nitrogen and oxygen atoms in total. The van der Waals surface area contributed by atoms with Gasteiger partial charge in [0.25, 0.3) is 10.0 Å². The first kappa shape index (κ1) is 18.8. The van der Waals surface area contributed by atoms with Gasteiger partial charge in [-0.1, -0.05) is 29.8 Å². The fraction of sp³-hybridized carbons (Fsp3) is 0.158. The van der Waals surface area contributed by atoms with Gasteiger partial charge in [-0.3, -0.25) is 4.72 Å². The molecule has 0 aliphatic carbocycles. The van der Waals surface area contributed by atoms with Gasteiger partial charge in [-0.05, 0) is 55.3 Å². The van der Waals surface area contributed by atoms with Gasteiger partial charge in [0.2, 0.25) is 0 Å². The zero-order chi connectivity index (χ0) is 19.4. The van der Waals surface area contributed by atoms with E-state index in [9.17, 15) is 12.8 Å². The molecule has 3 aromatic rings. The Bertz CT molecular complexity index is 1040. The van der Waals surface area contributed by atoms with Gasteiger partial charge in [0.1, 0.15) is 11.6 Å². The van der Waals surface area contributed by atoms with Crippen molar-refractivity contribution in [2.45, 2.75) is 25.3 Å². The van der Waals surface area contributed by atoms with E-state index in [-0.39, 0.29) is 16.5 Å². The number of aryl methyl sites for hydroxylation is 2. The summed E-state index contributed by atoms with van der Waals surface area (Å²) in [4.78, 5) is 0.202. The summed E-state index contributed by atoms with van der Waals surface area (Å²) in [7, 11) is -3.74. The van der Waals surface area contributed by atoms with E-state index in [1.165, 1.54) is 18.2 Å². The molecule has 0 spiro atoms. The molecule has 2 N–H and O–H groups in total. The smallest absolute Gasteiger partial charge is 0.263 e. The van der Waals surface area contributed by atoms with Gasteiger partial charge in [-0.15, -0.1) is 10.2 Å². The molecule has 0 radical (unpaired) electrons. The van der Waals surface area contributed by atoms with Crippen molar-refractivity contribution in [3.8, 4) is 0 Å². The van der Waals surface area contributed by atoms with E-state index in [1.54, 1.807) is 37.3 Å². The lowest BCUT2D eigenvalue weighted by Crippen LogP contribution is -2.15. The first-order chi connectivity index (χ1) is 12.8. The number of aromatic nitrogens is 2. The molecule has 2 aromatic carbocycles. The number of benzene rings is 2. The largest absolute Gasteiger partial charge is 0.365 e. The highest BCUT2D eigenvalue weighted by Gasteiger charge is 2.17. The molecule has 0 saturated carbocycles. The Morgan fingerprint density at radius 1 is 0.926 bits per heavy atom. The third-order valence-electron chi connectivity index (χ3n) is 3.91. The van der Waals surface area contributed by atoms with E-state index < -0.39 is 10.0 Å². The third-order valence-corrected chi connectivity index (χ3v) is 5.43. The van der Waals surface area contributed by atoms with Crippen molar-refractivity contribution in [2.75, 3.05) is 10.0 Å². The normalized spacial score (nSPS) is 11.2. The van der Waals surface area contributed by atoms with Crippen LogP contribution >= 0.6 is 0 Å². The highest BCUT2D eigenvalue weighted by molar-refractivity contribution is 7.92. The fourth-order valence-electron chi connectivity index (χ4n) is 2.57. The number of nitrogens with zero attached hydrogens (tertiary/aromatic N) is 2. The van der Waals surface area contributed by atoms with Crippen LogP contribution in [0.5, 0.6) is 0 Å². The van der Waals surface area contributed by atoms with Gasteiger partial charge < -0.3 is 5.32 Å². The molecule has 0 saturated heterocycles. The predicted octanol–water partition coefficient (Wildman–Crippen LogP) is 3.65. The van der Waals surface area contributed by atoms with Crippen molar-refractivity contribution in [1.29, 1.82) is 0 Å². The minimum Gasteiger partial charge on any atom is -0.365 e. The summed E-state index contributed by atoms with van der Waals surface area (Å²) in [6.07, 6.45) is 0. The number of halogens is 1. The van der Waals surface area contributed by atoms with Crippen LogP contribution in [0, 0.1) is 19.7 Å². The SMILES string of the molecule is Cc1ccc(S(=O)(=O)Nc2ccc(NCc3ccc(F)cc3)nn2)c(C)c1. The molecule has 0 aliphatic heterocycles. The van der Waals surface area contributed by atoms with Gasteiger partial charge in [-0.2, -0.15) is 0 Å². The van der Waals surface area contributed by atoms with Crippen molar-refractivity contribution in [2.24, 2.45) is 0 Å². The first-order valence-corrected chi connectivity index (χ1v) is 9.74. The fourth-order valence-corrected chi connectivity index (χ4v) is 3.79. The van der Waals surface area contributed by atoms with Gasteiger partial charge in [0.15, 0.2) is 5.82 Å². The number of hydrogen-bond donors (Lipinski definition) is 2. The lowest BCUT2D eigenvalue weighted by molar-refractivity contribution is 0.600. The molecule has 140 valence electrons. The van der Waals surface area contributed by atoms with E-state index in [2.05, 4.69) is 20.2 Å². The van der Waals surface area contributed by atoms with Crippen LogP contribution in [0.15, 0.2) is 59.5 Å². The highest BCUT2D eigenvalue weighted by atomic mass is 32.2. The van der Waals surface area contributed by atoms with Crippen molar-refractivity contribution < 1.29 is 12.8 Å². The van der Waals surface area contributed by atoms with Crippen LogP contribution in [0.25, 0.3) is 0 Å². The summed E-state index contributed by atoms with van der Waals surface area (Å²) in [5, 5.41) is 10.9.